The minimum absolute atomic E-state index is 0.374. The Morgan fingerprint density at radius 2 is 1.82 bits per heavy atom. The van der Waals surface area contributed by atoms with Gasteiger partial charge in [-0.3, -0.25) is 0 Å². The van der Waals surface area contributed by atoms with E-state index in [1.807, 2.05) is 0 Å². The van der Waals surface area contributed by atoms with Gasteiger partial charge in [-0.2, -0.15) is 0 Å². The van der Waals surface area contributed by atoms with Gasteiger partial charge >= 0.3 is 0 Å². The molecular weight excluding hydrogens is 144 g/mol. The molecule has 0 saturated carbocycles. The van der Waals surface area contributed by atoms with Crippen LogP contribution in [-0.4, -0.2) is 37.6 Å². The van der Waals surface area contributed by atoms with Crippen molar-refractivity contribution in [1.82, 2.24) is 0 Å². The monoisotopic (exact) mass is 162 g/mol. The van der Waals surface area contributed by atoms with Crippen LogP contribution in [0.1, 0.15) is 20.3 Å². The topological polar surface area (TPSA) is 38.7 Å². The average molecular weight is 162 g/mol. The Balaban J connectivity index is 2.80. The molecule has 0 aliphatic heterocycles. The largest absolute Gasteiger partial charge is 0.391 e. The first kappa shape index (κ1) is 10.9. The molecule has 0 heterocycles. The van der Waals surface area contributed by atoms with Crippen molar-refractivity contribution in [2.75, 3.05) is 26.4 Å². The highest BCUT2D eigenvalue weighted by Crippen LogP contribution is 1.84. The third-order valence-electron chi connectivity index (χ3n) is 1.08. The Kier molecular flexibility index (Phi) is 7.89. The second kappa shape index (κ2) is 7.98. The molecule has 0 bridgehead atoms. The van der Waals surface area contributed by atoms with Crippen LogP contribution in [0, 0.1) is 0 Å². The SMILES string of the molecule is CCCOCCOC[C@H](C)O. The predicted octanol–water partition coefficient (Wildman–Crippen LogP) is 0.810. The Labute approximate surface area is 68.3 Å². The summed E-state index contributed by atoms with van der Waals surface area (Å²) in [4.78, 5) is 0. The molecule has 0 amide bonds. The zero-order valence-electron chi connectivity index (χ0n) is 7.38. The zero-order chi connectivity index (χ0) is 8.53. The van der Waals surface area contributed by atoms with Gasteiger partial charge in [0.15, 0.2) is 0 Å². The molecule has 0 aromatic rings. The highest BCUT2D eigenvalue weighted by molar-refractivity contribution is 4.40. The van der Waals surface area contributed by atoms with Gasteiger partial charge < -0.3 is 14.6 Å². The van der Waals surface area contributed by atoms with Crippen LogP contribution >= 0.6 is 0 Å². The number of hydrogen-bond acceptors (Lipinski definition) is 3. The van der Waals surface area contributed by atoms with Crippen molar-refractivity contribution in [3.63, 3.8) is 0 Å². The molecule has 1 N–H and O–H groups in total. The lowest BCUT2D eigenvalue weighted by atomic mass is 10.4. The molecule has 68 valence electrons. The molecule has 11 heavy (non-hydrogen) atoms. The van der Waals surface area contributed by atoms with Gasteiger partial charge in [-0.25, -0.2) is 0 Å². The number of ether oxygens (including phenoxy) is 2. The van der Waals surface area contributed by atoms with E-state index in [1.165, 1.54) is 0 Å². The lowest BCUT2D eigenvalue weighted by Gasteiger charge is -2.05. The van der Waals surface area contributed by atoms with E-state index in [4.69, 9.17) is 14.6 Å². The van der Waals surface area contributed by atoms with E-state index in [1.54, 1.807) is 6.92 Å². The summed E-state index contributed by atoms with van der Waals surface area (Å²) in [6, 6.07) is 0. The Hall–Kier alpha value is -0.120. The third-order valence-corrected chi connectivity index (χ3v) is 1.08. The van der Waals surface area contributed by atoms with Gasteiger partial charge in [0.25, 0.3) is 0 Å². The summed E-state index contributed by atoms with van der Waals surface area (Å²) in [7, 11) is 0. The van der Waals surface area contributed by atoms with Gasteiger partial charge in [0, 0.05) is 6.61 Å². The van der Waals surface area contributed by atoms with E-state index < -0.39 is 0 Å². The molecule has 1 atom stereocenters. The molecule has 0 saturated heterocycles. The van der Waals surface area contributed by atoms with Crippen LogP contribution in [0.4, 0.5) is 0 Å². The minimum atomic E-state index is -0.374. The summed E-state index contributed by atoms with van der Waals surface area (Å²) in [6.07, 6.45) is 0.664. The summed E-state index contributed by atoms with van der Waals surface area (Å²) >= 11 is 0. The zero-order valence-corrected chi connectivity index (χ0v) is 7.38. The number of hydrogen-bond donors (Lipinski definition) is 1. The second-order valence-corrected chi connectivity index (χ2v) is 2.54. The fourth-order valence-electron chi connectivity index (χ4n) is 0.618. The van der Waals surface area contributed by atoms with Crippen LogP contribution in [0.3, 0.4) is 0 Å². The number of aliphatic hydroxyl groups excluding tert-OH is 1. The number of rotatable bonds is 7. The maximum Gasteiger partial charge on any atom is 0.0745 e. The van der Waals surface area contributed by atoms with Crippen LogP contribution in [0.15, 0.2) is 0 Å². The lowest BCUT2D eigenvalue weighted by molar-refractivity contribution is 0.00970. The van der Waals surface area contributed by atoms with Crippen molar-refractivity contribution in [2.24, 2.45) is 0 Å². The van der Waals surface area contributed by atoms with Crippen molar-refractivity contribution in [3.05, 3.63) is 0 Å². The Morgan fingerprint density at radius 1 is 1.18 bits per heavy atom. The summed E-state index contributed by atoms with van der Waals surface area (Å²) in [5.74, 6) is 0. The molecule has 0 unspecified atom stereocenters. The minimum Gasteiger partial charge on any atom is -0.391 e. The van der Waals surface area contributed by atoms with Crippen LogP contribution in [-0.2, 0) is 9.47 Å². The molecule has 0 fully saturated rings. The molecule has 0 aromatic carbocycles. The highest BCUT2D eigenvalue weighted by atomic mass is 16.5. The van der Waals surface area contributed by atoms with Gasteiger partial charge in [-0.1, -0.05) is 6.92 Å². The maximum atomic E-state index is 8.79. The second-order valence-electron chi connectivity index (χ2n) is 2.54. The Morgan fingerprint density at radius 3 is 2.36 bits per heavy atom. The van der Waals surface area contributed by atoms with Crippen LogP contribution in [0.25, 0.3) is 0 Å². The van der Waals surface area contributed by atoms with Gasteiger partial charge in [-0.05, 0) is 13.3 Å². The van der Waals surface area contributed by atoms with E-state index in [0.29, 0.717) is 19.8 Å². The van der Waals surface area contributed by atoms with E-state index >= 15 is 0 Å². The van der Waals surface area contributed by atoms with Crippen LogP contribution in [0.5, 0.6) is 0 Å². The summed E-state index contributed by atoms with van der Waals surface area (Å²) in [6.45, 7) is 6.16. The Bertz CT molecular complexity index is 73.7. The van der Waals surface area contributed by atoms with E-state index in [9.17, 15) is 0 Å². The standard InChI is InChI=1S/C8H18O3/c1-3-4-10-5-6-11-7-8(2)9/h8-9H,3-7H2,1-2H3/t8-/m0/s1. The van der Waals surface area contributed by atoms with Crippen LogP contribution < -0.4 is 0 Å². The van der Waals surface area contributed by atoms with Gasteiger partial charge in [-0.15, -0.1) is 0 Å². The van der Waals surface area contributed by atoms with E-state index in [-0.39, 0.29) is 6.10 Å². The van der Waals surface area contributed by atoms with E-state index in [2.05, 4.69) is 6.92 Å². The van der Waals surface area contributed by atoms with Crippen molar-refractivity contribution in [3.8, 4) is 0 Å². The fourth-order valence-corrected chi connectivity index (χ4v) is 0.618. The first-order valence-corrected chi connectivity index (χ1v) is 4.11. The molecule has 0 aliphatic carbocycles. The highest BCUT2D eigenvalue weighted by Gasteiger charge is 1.93. The molecule has 3 nitrogen and oxygen atoms in total. The average Bonchev–Trinajstić information content (AvgIpc) is 1.96. The van der Waals surface area contributed by atoms with Gasteiger partial charge in [0.05, 0.1) is 25.9 Å². The summed E-state index contributed by atoms with van der Waals surface area (Å²) in [5.41, 5.74) is 0. The smallest absolute Gasteiger partial charge is 0.0745 e. The van der Waals surface area contributed by atoms with Crippen molar-refractivity contribution in [1.29, 1.82) is 0 Å². The van der Waals surface area contributed by atoms with Gasteiger partial charge in [0.1, 0.15) is 0 Å². The molecule has 0 aromatic heterocycles. The fraction of sp³-hybridized carbons (Fsp3) is 1.00. The van der Waals surface area contributed by atoms with Crippen molar-refractivity contribution >= 4 is 0 Å². The van der Waals surface area contributed by atoms with Crippen LogP contribution in [0.2, 0.25) is 0 Å². The van der Waals surface area contributed by atoms with Crippen molar-refractivity contribution < 1.29 is 14.6 Å². The van der Waals surface area contributed by atoms with E-state index in [0.717, 1.165) is 13.0 Å². The normalized spacial score (nSPS) is 13.4. The third kappa shape index (κ3) is 9.88. The molecule has 0 radical (unpaired) electrons. The maximum absolute atomic E-state index is 8.79. The lowest BCUT2D eigenvalue weighted by Crippen LogP contribution is -2.13. The first-order chi connectivity index (χ1) is 5.27. The first-order valence-electron chi connectivity index (χ1n) is 4.11. The molecule has 0 aliphatic rings. The van der Waals surface area contributed by atoms with Crippen molar-refractivity contribution in [2.45, 2.75) is 26.4 Å². The molecule has 0 rings (SSSR count). The predicted molar refractivity (Wildman–Crippen MR) is 43.6 cm³/mol. The molecule has 0 spiro atoms. The number of aliphatic hydroxyl groups is 1. The molecule has 3 heteroatoms. The summed E-state index contributed by atoms with van der Waals surface area (Å²) < 4.78 is 10.2. The quantitative estimate of drug-likeness (QED) is 0.563. The molecular formula is C8H18O3. The van der Waals surface area contributed by atoms with Gasteiger partial charge in [0.2, 0.25) is 0 Å². The summed E-state index contributed by atoms with van der Waals surface area (Å²) in [5, 5.41) is 8.79.